The molecule has 0 saturated carbocycles. The van der Waals surface area contributed by atoms with E-state index in [2.05, 4.69) is 15.3 Å². The zero-order chi connectivity index (χ0) is 17.1. The van der Waals surface area contributed by atoms with Gasteiger partial charge in [0.15, 0.2) is 0 Å². The van der Waals surface area contributed by atoms with Gasteiger partial charge in [0.05, 0.1) is 6.20 Å². The number of phenolic OH excluding ortho intramolecular Hbond substituents is 1. The van der Waals surface area contributed by atoms with Crippen molar-refractivity contribution in [1.29, 1.82) is 0 Å². The summed E-state index contributed by atoms with van der Waals surface area (Å²) in [7, 11) is 3.64. The molecule has 0 aliphatic carbocycles. The number of carbonyl (C=O) groups excluding carboxylic acids is 1. The van der Waals surface area contributed by atoms with Gasteiger partial charge in [-0.3, -0.25) is 9.48 Å². The van der Waals surface area contributed by atoms with Gasteiger partial charge in [-0.05, 0) is 31.3 Å². The molecule has 1 aromatic heterocycles. The highest BCUT2D eigenvalue weighted by atomic mass is 16.3. The predicted molar refractivity (Wildman–Crippen MR) is 91.9 cm³/mol. The van der Waals surface area contributed by atoms with Crippen molar-refractivity contribution in [3.8, 4) is 5.75 Å². The molecule has 24 heavy (non-hydrogen) atoms. The summed E-state index contributed by atoms with van der Waals surface area (Å²) in [5.41, 5.74) is 1.95. The van der Waals surface area contributed by atoms with Crippen molar-refractivity contribution in [3.63, 3.8) is 0 Å². The Hall–Kier alpha value is -2.54. The first kappa shape index (κ1) is 16.3. The minimum Gasteiger partial charge on any atom is -0.508 e. The van der Waals surface area contributed by atoms with Crippen LogP contribution in [-0.2, 0) is 11.8 Å². The monoisotopic (exact) mass is 329 g/mol. The highest BCUT2D eigenvalue weighted by Gasteiger charge is 2.28. The van der Waals surface area contributed by atoms with Crippen molar-refractivity contribution in [2.45, 2.75) is 6.04 Å². The van der Waals surface area contributed by atoms with E-state index in [0.717, 1.165) is 24.3 Å². The molecule has 1 amide bonds. The number of anilines is 1. The maximum absolute atomic E-state index is 12.8. The summed E-state index contributed by atoms with van der Waals surface area (Å²) in [6.45, 7) is 2.91. The number of hydrogen-bond donors (Lipinski definition) is 2. The van der Waals surface area contributed by atoms with Crippen LogP contribution in [0.25, 0.3) is 0 Å². The van der Waals surface area contributed by atoms with Crippen molar-refractivity contribution < 1.29 is 9.90 Å². The fourth-order valence-electron chi connectivity index (χ4n) is 3.05. The second-order valence-electron chi connectivity index (χ2n) is 6.00. The second-order valence-corrected chi connectivity index (χ2v) is 6.00. The predicted octanol–water partition coefficient (Wildman–Crippen LogP) is 0.735. The van der Waals surface area contributed by atoms with Crippen LogP contribution >= 0.6 is 0 Å². The lowest BCUT2D eigenvalue weighted by Crippen LogP contribution is -2.51. The maximum atomic E-state index is 12.8. The second kappa shape index (κ2) is 6.92. The summed E-state index contributed by atoms with van der Waals surface area (Å²) in [5.74, 6) is 0.344. The number of aryl methyl sites for hydroxylation is 1. The fraction of sp³-hybridized carbons (Fsp3) is 0.412. The number of aromatic hydroxyl groups is 1. The number of amides is 1. The van der Waals surface area contributed by atoms with Crippen molar-refractivity contribution in [3.05, 3.63) is 42.2 Å². The molecular weight excluding hydrogens is 306 g/mol. The number of likely N-dealkylation sites (N-methyl/N-ethyl adjacent to an activating group) is 1. The number of benzene rings is 1. The molecule has 0 radical (unpaired) electrons. The molecule has 1 aromatic carbocycles. The van der Waals surface area contributed by atoms with Crippen LogP contribution < -0.4 is 10.2 Å². The van der Waals surface area contributed by atoms with Gasteiger partial charge in [-0.1, -0.05) is 0 Å². The number of aromatic nitrogens is 2. The Morgan fingerprint density at radius 1 is 1.21 bits per heavy atom. The van der Waals surface area contributed by atoms with Gasteiger partial charge in [-0.2, -0.15) is 5.10 Å². The molecule has 7 nitrogen and oxygen atoms in total. The zero-order valence-electron chi connectivity index (χ0n) is 14.0. The van der Waals surface area contributed by atoms with Crippen LogP contribution in [0.4, 0.5) is 5.69 Å². The third kappa shape index (κ3) is 3.35. The lowest BCUT2D eigenvalue weighted by molar-refractivity contribution is -0.133. The lowest BCUT2D eigenvalue weighted by atomic mass is 10.1. The number of phenols is 1. The summed E-state index contributed by atoms with van der Waals surface area (Å²) in [6.07, 6.45) is 3.59. The van der Waals surface area contributed by atoms with Crippen LogP contribution in [0.15, 0.2) is 36.7 Å². The molecular formula is C17H23N5O2. The Labute approximate surface area is 141 Å². The number of carbonyl (C=O) groups is 1. The van der Waals surface area contributed by atoms with Crippen molar-refractivity contribution in [1.82, 2.24) is 20.0 Å². The highest BCUT2D eigenvalue weighted by Crippen LogP contribution is 2.21. The van der Waals surface area contributed by atoms with Gasteiger partial charge in [0.25, 0.3) is 0 Å². The molecule has 2 aromatic rings. The molecule has 1 unspecified atom stereocenters. The topological polar surface area (TPSA) is 73.6 Å². The van der Waals surface area contributed by atoms with Crippen LogP contribution in [0.3, 0.4) is 0 Å². The van der Waals surface area contributed by atoms with E-state index in [1.54, 1.807) is 30.1 Å². The van der Waals surface area contributed by atoms with Crippen LogP contribution in [0.5, 0.6) is 5.75 Å². The zero-order valence-corrected chi connectivity index (χ0v) is 14.0. The lowest BCUT2D eigenvalue weighted by Gasteiger charge is -2.37. The largest absolute Gasteiger partial charge is 0.508 e. The molecule has 2 heterocycles. The molecule has 1 atom stereocenters. The third-order valence-electron chi connectivity index (χ3n) is 4.40. The molecule has 1 aliphatic rings. The van der Waals surface area contributed by atoms with Crippen molar-refractivity contribution in [2.75, 3.05) is 38.1 Å². The number of piperazine rings is 1. The summed E-state index contributed by atoms with van der Waals surface area (Å²) in [4.78, 5) is 16.9. The van der Waals surface area contributed by atoms with E-state index in [9.17, 15) is 9.90 Å². The first-order valence-electron chi connectivity index (χ1n) is 8.07. The molecule has 3 rings (SSSR count). The van der Waals surface area contributed by atoms with E-state index in [1.807, 2.05) is 30.3 Å². The standard InChI is InChI=1S/C17H23N5O2/c1-18-16(13-11-19-20(2)12-13)17(24)22-9-7-21(8-10-22)14-3-5-15(23)6-4-14/h3-6,11-12,16,18,23H,7-10H2,1-2H3. The van der Waals surface area contributed by atoms with Crippen molar-refractivity contribution >= 4 is 11.6 Å². The molecule has 7 heteroatoms. The first-order chi connectivity index (χ1) is 11.6. The summed E-state index contributed by atoms with van der Waals surface area (Å²) >= 11 is 0. The maximum Gasteiger partial charge on any atom is 0.244 e. The minimum atomic E-state index is -0.362. The van der Waals surface area contributed by atoms with Gasteiger partial charge in [-0.25, -0.2) is 0 Å². The van der Waals surface area contributed by atoms with Gasteiger partial charge in [0.2, 0.25) is 5.91 Å². The number of nitrogens with one attached hydrogen (secondary N) is 1. The van der Waals surface area contributed by atoms with E-state index in [1.165, 1.54) is 0 Å². The van der Waals surface area contributed by atoms with Gasteiger partial charge in [0, 0.05) is 50.7 Å². The van der Waals surface area contributed by atoms with Gasteiger partial charge in [0.1, 0.15) is 11.8 Å². The van der Waals surface area contributed by atoms with Crippen molar-refractivity contribution in [2.24, 2.45) is 7.05 Å². The van der Waals surface area contributed by atoms with E-state index < -0.39 is 0 Å². The number of rotatable bonds is 4. The van der Waals surface area contributed by atoms with Crippen LogP contribution in [0, 0.1) is 0 Å². The van der Waals surface area contributed by atoms with E-state index in [0.29, 0.717) is 13.1 Å². The molecule has 128 valence electrons. The van der Waals surface area contributed by atoms with Gasteiger partial charge < -0.3 is 20.2 Å². The van der Waals surface area contributed by atoms with Gasteiger partial charge >= 0.3 is 0 Å². The quantitative estimate of drug-likeness (QED) is 0.865. The minimum absolute atomic E-state index is 0.0795. The Morgan fingerprint density at radius 2 is 1.88 bits per heavy atom. The Bertz CT molecular complexity index is 689. The van der Waals surface area contributed by atoms with E-state index in [-0.39, 0.29) is 17.7 Å². The Balaban J connectivity index is 1.63. The van der Waals surface area contributed by atoms with E-state index >= 15 is 0 Å². The molecule has 1 saturated heterocycles. The van der Waals surface area contributed by atoms with Crippen LogP contribution in [0.2, 0.25) is 0 Å². The third-order valence-corrected chi connectivity index (χ3v) is 4.40. The molecule has 0 spiro atoms. The molecule has 2 N–H and O–H groups in total. The smallest absolute Gasteiger partial charge is 0.244 e. The van der Waals surface area contributed by atoms with Crippen LogP contribution in [-0.4, -0.2) is 58.9 Å². The molecule has 0 bridgehead atoms. The Morgan fingerprint density at radius 3 is 2.42 bits per heavy atom. The highest BCUT2D eigenvalue weighted by molar-refractivity contribution is 5.83. The van der Waals surface area contributed by atoms with Gasteiger partial charge in [-0.15, -0.1) is 0 Å². The summed E-state index contributed by atoms with van der Waals surface area (Å²) < 4.78 is 1.70. The van der Waals surface area contributed by atoms with E-state index in [4.69, 9.17) is 0 Å². The van der Waals surface area contributed by atoms with Crippen LogP contribution in [0.1, 0.15) is 11.6 Å². The SMILES string of the molecule is CNC(C(=O)N1CCN(c2ccc(O)cc2)CC1)c1cnn(C)c1. The normalized spacial score (nSPS) is 16.2. The summed E-state index contributed by atoms with van der Waals surface area (Å²) in [6, 6.07) is 6.81. The Kier molecular flexibility index (Phi) is 4.71. The molecule has 1 fully saturated rings. The number of hydrogen-bond acceptors (Lipinski definition) is 5. The average molecular weight is 329 g/mol. The summed E-state index contributed by atoms with van der Waals surface area (Å²) in [5, 5.41) is 16.6. The average Bonchev–Trinajstić information content (AvgIpc) is 3.02. The fourth-order valence-corrected chi connectivity index (χ4v) is 3.05. The number of nitrogens with zero attached hydrogens (tertiary/aromatic N) is 4. The molecule has 1 aliphatic heterocycles. The first-order valence-corrected chi connectivity index (χ1v) is 8.07.